The molecule has 0 aliphatic heterocycles. The highest BCUT2D eigenvalue weighted by Gasteiger charge is 2.13. The first-order valence-electron chi connectivity index (χ1n) is 9.69. The summed E-state index contributed by atoms with van der Waals surface area (Å²) in [6.07, 6.45) is 2.90. The van der Waals surface area contributed by atoms with Gasteiger partial charge in [-0.2, -0.15) is 0 Å². The Morgan fingerprint density at radius 1 is 1.07 bits per heavy atom. The molecule has 1 amide bonds. The molecule has 0 aliphatic carbocycles. The first kappa shape index (κ1) is 19.2. The molecular weight excluding hydrogens is 378 g/mol. The Bertz CT molecular complexity index is 1110. The number of carbonyl (C=O) groups excluding carboxylic acids is 1. The fourth-order valence-corrected chi connectivity index (χ4v) is 4.04. The standard InChI is InChI=1S/C24H23N3OS/c1-3-18-8-12-20(13-9-18)25-23(28)15-27-14-4-5-22(27)24-26-21(16-29-24)19-10-6-17(2)7-11-19/h4-14,16H,3,15H2,1-2H3,(H,25,28). The summed E-state index contributed by atoms with van der Waals surface area (Å²) in [5.41, 5.74) is 6.31. The summed E-state index contributed by atoms with van der Waals surface area (Å²) in [6.45, 7) is 4.44. The molecule has 1 N–H and O–H groups in total. The second-order valence-electron chi connectivity index (χ2n) is 7.02. The van der Waals surface area contributed by atoms with Crippen LogP contribution < -0.4 is 5.32 Å². The normalized spacial score (nSPS) is 10.8. The molecule has 0 spiro atoms. The minimum atomic E-state index is -0.0537. The van der Waals surface area contributed by atoms with Gasteiger partial charge in [-0.15, -0.1) is 11.3 Å². The highest BCUT2D eigenvalue weighted by Crippen LogP contribution is 2.29. The summed E-state index contributed by atoms with van der Waals surface area (Å²) in [4.78, 5) is 17.3. The Balaban J connectivity index is 1.48. The van der Waals surface area contributed by atoms with Crippen molar-refractivity contribution in [3.63, 3.8) is 0 Å². The molecule has 0 fully saturated rings. The highest BCUT2D eigenvalue weighted by atomic mass is 32.1. The van der Waals surface area contributed by atoms with Gasteiger partial charge in [0, 0.05) is 22.8 Å². The lowest BCUT2D eigenvalue weighted by Crippen LogP contribution is -2.18. The third kappa shape index (κ3) is 4.46. The molecule has 0 atom stereocenters. The zero-order valence-electron chi connectivity index (χ0n) is 16.6. The number of anilines is 1. The minimum absolute atomic E-state index is 0.0537. The van der Waals surface area contributed by atoms with Crippen LogP contribution in [0.1, 0.15) is 18.1 Å². The highest BCUT2D eigenvalue weighted by molar-refractivity contribution is 7.13. The van der Waals surface area contributed by atoms with Gasteiger partial charge in [0.1, 0.15) is 11.6 Å². The Kier molecular flexibility index (Phi) is 5.58. The van der Waals surface area contributed by atoms with E-state index in [1.54, 1.807) is 11.3 Å². The first-order valence-corrected chi connectivity index (χ1v) is 10.6. The SMILES string of the molecule is CCc1ccc(NC(=O)Cn2cccc2-c2nc(-c3ccc(C)cc3)cs2)cc1. The minimum Gasteiger partial charge on any atom is -0.336 e. The van der Waals surface area contributed by atoms with Crippen molar-refractivity contribution in [3.8, 4) is 22.0 Å². The van der Waals surface area contributed by atoms with Gasteiger partial charge in [0.2, 0.25) is 5.91 Å². The van der Waals surface area contributed by atoms with E-state index in [1.165, 1.54) is 11.1 Å². The number of nitrogens with zero attached hydrogens (tertiary/aromatic N) is 2. The van der Waals surface area contributed by atoms with Crippen molar-refractivity contribution in [3.05, 3.63) is 83.4 Å². The van der Waals surface area contributed by atoms with Gasteiger partial charge < -0.3 is 9.88 Å². The van der Waals surface area contributed by atoms with Crippen LogP contribution in [0.5, 0.6) is 0 Å². The Hall–Kier alpha value is -3.18. The molecule has 0 saturated heterocycles. The van der Waals surface area contributed by atoms with Gasteiger partial charge in [0.05, 0.1) is 11.4 Å². The Morgan fingerprint density at radius 2 is 1.83 bits per heavy atom. The molecule has 146 valence electrons. The van der Waals surface area contributed by atoms with Crippen molar-refractivity contribution in [2.45, 2.75) is 26.8 Å². The fourth-order valence-electron chi connectivity index (χ4n) is 3.17. The number of nitrogens with one attached hydrogen (secondary N) is 1. The lowest BCUT2D eigenvalue weighted by molar-refractivity contribution is -0.116. The van der Waals surface area contributed by atoms with Crippen LogP contribution in [-0.4, -0.2) is 15.5 Å². The molecule has 0 bridgehead atoms. The third-order valence-corrected chi connectivity index (χ3v) is 5.72. The zero-order valence-corrected chi connectivity index (χ0v) is 17.4. The average molecular weight is 402 g/mol. The van der Waals surface area contributed by atoms with Crippen LogP contribution in [0.15, 0.2) is 72.2 Å². The summed E-state index contributed by atoms with van der Waals surface area (Å²) in [5.74, 6) is -0.0537. The van der Waals surface area contributed by atoms with Crippen molar-refractivity contribution in [2.75, 3.05) is 5.32 Å². The molecule has 29 heavy (non-hydrogen) atoms. The van der Waals surface area contributed by atoms with Crippen LogP contribution in [0.25, 0.3) is 22.0 Å². The molecule has 0 radical (unpaired) electrons. The summed E-state index contributed by atoms with van der Waals surface area (Å²) in [6, 6.07) is 20.3. The summed E-state index contributed by atoms with van der Waals surface area (Å²) < 4.78 is 1.94. The zero-order chi connectivity index (χ0) is 20.2. The van der Waals surface area contributed by atoms with E-state index >= 15 is 0 Å². The molecule has 2 heterocycles. The van der Waals surface area contributed by atoms with Crippen LogP contribution in [0, 0.1) is 6.92 Å². The molecule has 5 heteroatoms. The predicted molar refractivity (Wildman–Crippen MR) is 120 cm³/mol. The number of hydrogen-bond acceptors (Lipinski definition) is 3. The molecule has 4 aromatic rings. The summed E-state index contributed by atoms with van der Waals surface area (Å²) in [5, 5.41) is 5.94. The largest absolute Gasteiger partial charge is 0.336 e. The smallest absolute Gasteiger partial charge is 0.244 e. The van der Waals surface area contributed by atoms with Crippen molar-refractivity contribution < 1.29 is 4.79 Å². The van der Waals surface area contributed by atoms with Gasteiger partial charge in [-0.25, -0.2) is 4.98 Å². The number of aromatic nitrogens is 2. The van der Waals surface area contributed by atoms with Crippen molar-refractivity contribution in [1.29, 1.82) is 0 Å². The van der Waals surface area contributed by atoms with E-state index in [9.17, 15) is 4.79 Å². The van der Waals surface area contributed by atoms with Gasteiger partial charge in [0.15, 0.2) is 0 Å². The maximum absolute atomic E-state index is 12.5. The lowest BCUT2D eigenvalue weighted by Gasteiger charge is -2.09. The molecule has 0 saturated carbocycles. The van der Waals surface area contributed by atoms with Gasteiger partial charge in [0.25, 0.3) is 0 Å². The van der Waals surface area contributed by atoms with Crippen LogP contribution in [0.4, 0.5) is 5.69 Å². The Morgan fingerprint density at radius 3 is 2.55 bits per heavy atom. The maximum atomic E-state index is 12.5. The molecule has 2 aromatic carbocycles. The molecule has 0 aliphatic rings. The Labute approximate surface area is 174 Å². The van der Waals surface area contributed by atoms with Crippen LogP contribution in [0.2, 0.25) is 0 Å². The summed E-state index contributed by atoms with van der Waals surface area (Å²) >= 11 is 1.59. The number of amides is 1. The number of benzene rings is 2. The van der Waals surface area contributed by atoms with E-state index in [1.807, 2.05) is 47.2 Å². The number of thiazole rings is 1. The van der Waals surface area contributed by atoms with E-state index in [-0.39, 0.29) is 12.5 Å². The quantitative estimate of drug-likeness (QED) is 0.445. The molecule has 2 aromatic heterocycles. The summed E-state index contributed by atoms with van der Waals surface area (Å²) in [7, 11) is 0. The second-order valence-corrected chi connectivity index (χ2v) is 7.88. The van der Waals surface area contributed by atoms with Crippen LogP contribution >= 0.6 is 11.3 Å². The predicted octanol–water partition coefficient (Wildman–Crippen LogP) is 5.79. The van der Waals surface area contributed by atoms with E-state index in [0.29, 0.717) is 0 Å². The average Bonchev–Trinajstić information content (AvgIpc) is 3.38. The van der Waals surface area contributed by atoms with E-state index < -0.39 is 0 Å². The van der Waals surface area contributed by atoms with Crippen LogP contribution in [0.3, 0.4) is 0 Å². The van der Waals surface area contributed by atoms with E-state index in [2.05, 4.69) is 48.8 Å². The van der Waals surface area contributed by atoms with Crippen molar-refractivity contribution in [1.82, 2.24) is 9.55 Å². The third-order valence-electron chi connectivity index (χ3n) is 4.86. The van der Waals surface area contributed by atoms with E-state index in [4.69, 9.17) is 4.98 Å². The molecular formula is C24H23N3OS. The van der Waals surface area contributed by atoms with Gasteiger partial charge in [-0.1, -0.05) is 48.9 Å². The van der Waals surface area contributed by atoms with Crippen molar-refractivity contribution in [2.24, 2.45) is 0 Å². The monoisotopic (exact) mass is 401 g/mol. The second kappa shape index (κ2) is 8.45. The number of carbonyl (C=O) groups is 1. The van der Waals surface area contributed by atoms with E-state index in [0.717, 1.165) is 34.1 Å². The topological polar surface area (TPSA) is 46.9 Å². The van der Waals surface area contributed by atoms with Crippen molar-refractivity contribution >= 4 is 22.9 Å². The molecule has 4 rings (SSSR count). The van der Waals surface area contributed by atoms with Crippen LogP contribution in [-0.2, 0) is 17.8 Å². The maximum Gasteiger partial charge on any atom is 0.244 e. The van der Waals surface area contributed by atoms with Gasteiger partial charge in [-0.3, -0.25) is 4.79 Å². The van der Waals surface area contributed by atoms with Gasteiger partial charge in [-0.05, 0) is 43.2 Å². The number of hydrogen-bond donors (Lipinski definition) is 1. The molecule has 0 unspecified atom stereocenters. The first-order chi connectivity index (χ1) is 14.1. The number of aryl methyl sites for hydroxylation is 2. The molecule has 4 nitrogen and oxygen atoms in total. The van der Waals surface area contributed by atoms with Gasteiger partial charge >= 0.3 is 0 Å². The fraction of sp³-hybridized carbons (Fsp3) is 0.167. The lowest BCUT2D eigenvalue weighted by atomic mass is 10.1. The number of rotatable bonds is 6.